The van der Waals surface area contributed by atoms with E-state index in [-0.39, 0.29) is 17.2 Å². The van der Waals surface area contributed by atoms with Crippen molar-refractivity contribution in [2.45, 2.75) is 37.6 Å². The molecule has 2 aromatic carbocycles. The summed E-state index contributed by atoms with van der Waals surface area (Å²) in [7, 11) is 0. The standard InChI is InChI=1S/C25H30ClN3O/c1-18(2)28-14-11-27(12-15-28)13-16-29-23-6-4-3-5-21(23)25(24(29)30)17-22(25)19-7-9-20(26)10-8-19/h3-10,18,22H,11-17H2,1-2H3/t22-,25-/m0/s1. The third kappa shape index (κ3) is 3.26. The predicted octanol–water partition coefficient (Wildman–Crippen LogP) is 4.14. The summed E-state index contributed by atoms with van der Waals surface area (Å²) in [6.07, 6.45) is 0.897. The Balaban J connectivity index is 1.32. The summed E-state index contributed by atoms with van der Waals surface area (Å²) in [4.78, 5) is 20.8. The number of para-hydroxylation sites is 1. The third-order valence-electron chi connectivity index (χ3n) is 7.31. The van der Waals surface area contributed by atoms with Gasteiger partial charge in [-0.15, -0.1) is 0 Å². The Morgan fingerprint density at radius 1 is 1.00 bits per heavy atom. The average molecular weight is 424 g/mol. The zero-order valence-electron chi connectivity index (χ0n) is 17.9. The number of rotatable bonds is 5. The number of carbonyl (C=O) groups is 1. The van der Waals surface area contributed by atoms with Crippen LogP contribution in [0.5, 0.6) is 0 Å². The summed E-state index contributed by atoms with van der Waals surface area (Å²) >= 11 is 6.08. The van der Waals surface area contributed by atoms with Crippen LogP contribution in [0.15, 0.2) is 48.5 Å². The second kappa shape index (κ2) is 7.67. The lowest BCUT2D eigenvalue weighted by Gasteiger charge is -2.37. The molecule has 1 saturated heterocycles. The number of fused-ring (bicyclic) bond motifs is 2. The summed E-state index contributed by atoms with van der Waals surface area (Å²) in [6, 6.07) is 17.0. The highest BCUT2D eigenvalue weighted by atomic mass is 35.5. The van der Waals surface area contributed by atoms with E-state index in [0.29, 0.717) is 6.04 Å². The summed E-state index contributed by atoms with van der Waals surface area (Å²) in [5, 5.41) is 0.741. The van der Waals surface area contributed by atoms with Gasteiger partial charge in [-0.05, 0) is 49.6 Å². The van der Waals surface area contributed by atoms with Gasteiger partial charge in [0.05, 0.1) is 5.41 Å². The number of hydrogen-bond donors (Lipinski definition) is 0. The van der Waals surface area contributed by atoms with Gasteiger partial charge in [-0.2, -0.15) is 0 Å². The molecule has 158 valence electrons. The van der Waals surface area contributed by atoms with E-state index in [1.807, 2.05) is 12.1 Å². The molecule has 0 N–H and O–H groups in total. The van der Waals surface area contributed by atoms with Gasteiger partial charge in [0.2, 0.25) is 5.91 Å². The van der Waals surface area contributed by atoms with Gasteiger partial charge >= 0.3 is 0 Å². The van der Waals surface area contributed by atoms with Crippen LogP contribution in [0, 0.1) is 0 Å². The van der Waals surface area contributed by atoms with Gasteiger partial charge in [0.25, 0.3) is 0 Å². The molecule has 1 spiro atoms. The number of benzene rings is 2. The number of hydrogen-bond acceptors (Lipinski definition) is 3. The lowest BCUT2D eigenvalue weighted by atomic mass is 9.92. The third-order valence-corrected chi connectivity index (χ3v) is 7.56. The molecule has 5 rings (SSSR count). The molecule has 2 aliphatic heterocycles. The van der Waals surface area contributed by atoms with Gasteiger partial charge in [-0.1, -0.05) is 41.9 Å². The number of anilines is 1. The molecule has 1 saturated carbocycles. The van der Waals surface area contributed by atoms with Crippen LogP contribution in [0.25, 0.3) is 0 Å². The van der Waals surface area contributed by atoms with Crippen molar-refractivity contribution in [2.75, 3.05) is 44.2 Å². The van der Waals surface area contributed by atoms with Gasteiger partial charge in [0, 0.05) is 61.9 Å². The lowest BCUT2D eigenvalue weighted by Crippen LogP contribution is -2.50. The van der Waals surface area contributed by atoms with E-state index in [9.17, 15) is 4.79 Å². The number of carbonyl (C=O) groups excluding carboxylic acids is 1. The Kier molecular flexibility index (Phi) is 5.12. The topological polar surface area (TPSA) is 26.8 Å². The Labute approximate surface area is 184 Å². The Hall–Kier alpha value is -1.88. The first-order chi connectivity index (χ1) is 14.5. The molecule has 3 aliphatic rings. The molecule has 0 bridgehead atoms. The minimum atomic E-state index is -0.374. The van der Waals surface area contributed by atoms with Crippen molar-refractivity contribution in [2.24, 2.45) is 0 Å². The first kappa shape index (κ1) is 20.0. The summed E-state index contributed by atoms with van der Waals surface area (Å²) in [6.45, 7) is 10.6. The Morgan fingerprint density at radius 3 is 2.40 bits per heavy atom. The fraction of sp³-hybridized carbons (Fsp3) is 0.480. The van der Waals surface area contributed by atoms with Crippen LogP contribution < -0.4 is 4.90 Å². The molecule has 0 aromatic heterocycles. The lowest BCUT2D eigenvalue weighted by molar-refractivity contribution is -0.120. The van der Waals surface area contributed by atoms with Crippen LogP contribution in [0.4, 0.5) is 5.69 Å². The average Bonchev–Trinajstić information content (AvgIpc) is 3.46. The molecule has 30 heavy (non-hydrogen) atoms. The summed E-state index contributed by atoms with van der Waals surface area (Å²) < 4.78 is 0. The van der Waals surface area contributed by atoms with E-state index in [1.165, 1.54) is 11.1 Å². The van der Waals surface area contributed by atoms with Gasteiger partial charge in [0.1, 0.15) is 0 Å². The van der Waals surface area contributed by atoms with Crippen molar-refractivity contribution in [3.05, 3.63) is 64.7 Å². The monoisotopic (exact) mass is 423 g/mol. The van der Waals surface area contributed by atoms with E-state index in [0.717, 1.165) is 56.4 Å². The normalized spacial score (nSPS) is 26.6. The molecule has 5 heteroatoms. The van der Waals surface area contributed by atoms with Gasteiger partial charge < -0.3 is 4.90 Å². The SMILES string of the molecule is CC(C)N1CCN(CCN2C(=O)[C@@]3(C[C@H]3c3ccc(Cl)cc3)c3ccccc32)CC1. The predicted molar refractivity (Wildman–Crippen MR) is 122 cm³/mol. The molecular weight excluding hydrogens is 394 g/mol. The molecule has 2 fully saturated rings. The quantitative estimate of drug-likeness (QED) is 0.723. The maximum Gasteiger partial charge on any atom is 0.238 e. The highest BCUT2D eigenvalue weighted by molar-refractivity contribution is 6.30. The Morgan fingerprint density at radius 2 is 1.70 bits per heavy atom. The molecule has 0 radical (unpaired) electrons. The highest BCUT2D eigenvalue weighted by Gasteiger charge is 2.66. The van der Waals surface area contributed by atoms with Crippen LogP contribution in [-0.2, 0) is 10.2 Å². The molecular formula is C25H30ClN3O. The first-order valence-corrected chi connectivity index (χ1v) is 11.5. The van der Waals surface area contributed by atoms with Crippen molar-refractivity contribution in [1.82, 2.24) is 9.80 Å². The highest BCUT2D eigenvalue weighted by Crippen LogP contribution is 2.66. The Bertz CT molecular complexity index is 936. The van der Waals surface area contributed by atoms with Crippen LogP contribution in [-0.4, -0.2) is 61.0 Å². The molecule has 1 aliphatic carbocycles. The molecule has 2 heterocycles. The number of piperazine rings is 1. The smallest absolute Gasteiger partial charge is 0.238 e. The van der Waals surface area contributed by atoms with Gasteiger partial charge in [-0.3, -0.25) is 14.6 Å². The fourth-order valence-corrected chi connectivity index (χ4v) is 5.54. The zero-order valence-corrected chi connectivity index (χ0v) is 18.6. The first-order valence-electron chi connectivity index (χ1n) is 11.1. The van der Waals surface area contributed by atoms with E-state index in [2.05, 4.69) is 64.9 Å². The van der Waals surface area contributed by atoms with E-state index in [1.54, 1.807) is 0 Å². The second-order valence-electron chi connectivity index (χ2n) is 9.22. The number of nitrogens with zero attached hydrogens (tertiary/aromatic N) is 3. The van der Waals surface area contributed by atoms with E-state index in [4.69, 9.17) is 11.6 Å². The summed E-state index contributed by atoms with van der Waals surface area (Å²) in [5.41, 5.74) is 3.16. The minimum Gasteiger partial charge on any atom is -0.310 e. The van der Waals surface area contributed by atoms with Crippen molar-refractivity contribution >= 4 is 23.2 Å². The number of halogens is 1. The van der Waals surface area contributed by atoms with Crippen molar-refractivity contribution < 1.29 is 4.79 Å². The molecule has 0 unspecified atom stereocenters. The maximum absolute atomic E-state index is 13.7. The van der Waals surface area contributed by atoms with Crippen LogP contribution in [0.1, 0.15) is 37.3 Å². The molecule has 2 atom stereocenters. The minimum absolute atomic E-state index is 0.253. The second-order valence-corrected chi connectivity index (χ2v) is 9.66. The zero-order chi connectivity index (χ0) is 20.9. The van der Waals surface area contributed by atoms with Gasteiger partial charge in [0.15, 0.2) is 0 Å². The van der Waals surface area contributed by atoms with Crippen molar-refractivity contribution in [3.63, 3.8) is 0 Å². The molecule has 1 amide bonds. The van der Waals surface area contributed by atoms with E-state index >= 15 is 0 Å². The van der Waals surface area contributed by atoms with Crippen molar-refractivity contribution in [1.29, 1.82) is 0 Å². The summed E-state index contributed by atoms with van der Waals surface area (Å²) in [5.74, 6) is 0.535. The molecule has 4 nitrogen and oxygen atoms in total. The van der Waals surface area contributed by atoms with E-state index < -0.39 is 0 Å². The van der Waals surface area contributed by atoms with Crippen LogP contribution in [0.2, 0.25) is 5.02 Å². The fourth-order valence-electron chi connectivity index (χ4n) is 5.41. The van der Waals surface area contributed by atoms with Crippen LogP contribution >= 0.6 is 11.6 Å². The number of amides is 1. The maximum atomic E-state index is 13.7. The van der Waals surface area contributed by atoms with Gasteiger partial charge in [-0.25, -0.2) is 0 Å². The van der Waals surface area contributed by atoms with Crippen LogP contribution in [0.3, 0.4) is 0 Å². The largest absolute Gasteiger partial charge is 0.310 e. The van der Waals surface area contributed by atoms with Crippen molar-refractivity contribution in [3.8, 4) is 0 Å². The molecule has 2 aromatic rings.